The summed E-state index contributed by atoms with van der Waals surface area (Å²) in [7, 11) is 1.56. The summed E-state index contributed by atoms with van der Waals surface area (Å²) in [5.41, 5.74) is 0.999. The van der Waals surface area contributed by atoms with E-state index in [1.807, 2.05) is 0 Å². The van der Waals surface area contributed by atoms with Gasteiger partial charge < -0.3 is 15.4 Å². The molecule has 1 fully saturated rings. The molecule has 2 aromatic carbocycles. The lowest BCUT2D eigenvalue weighted by molar-refractivity contribution is -0.122. The topological polar surface area (TPSA) is 67.4 Å². The van der Waals surface area contributed by atoms with E-state index >= 15 is 0 Å². The van der Waals surface area contributed by atoms with Crippen LogP contribution in [0.2, 0.25) is 10.0 Å². The Morgan fingerprint density at radius 2 is 1.60 bits per heavy atom. The number of rotatable bonds is 5. The fourth-order valence-corrected chi connectivity index (χ4v) is 3.04. The van der Waals surface area contributed by atoms with Gasteiger partial charge >= 0.3 is 0 Å². The number of para-hydroxylation sites is 1. The predicted octanol–water partition coefficient (Wildman–Crippen LogP) is 4.22. The maximum atomic E-state index is 12.3. The molecule has 2 atom stereocenters. The summed E-state index contributed by atoms with van der Waals surface area (Å²) in [4.78, 5) is 24.6. The Balaban J connectivity index is 1.60. The van der Waals surface area contributed by atoms with Crippen LogP contribution >= 0.6 is 23.2 Å². The summed E-state index contributed by atoms with van der Waals surface area (Å²) in [6.07, 6.45) is 0.490. The molecule has 1 aliphatic rings. The fraction of sp³-hybridized carbons (Fsp3) is 0.222. The number of benzene rings is 2. The van der Waals surface area contributed by atoms with Crippen molar-refractivity contribution in [3.05, 3.63) is 52.5 Å². The number of hydrogen-bond donors (Lipinski definition) is 2. The smallest absolute Gasteiger partial charge is 0.228 e. The van der Waals surface area contributed by atoms with E-state index in [9.17, 15) is 9.59 Å². The van der Waals surface area contributed by atoms with Crippen molar-refractivity contribution >= 4 is 46.4 Å². The monoisotopic (exact) mass is 378 g/mol. The van der Waals surface area contributed by atoms with Crippen molar-refractivity contribution in [2.45, 2.75) is 6.42 Å². The molecule has 1 aliphatic carbocycles. The first-order valence-electron chi connectivity index (χ1n) is 7.69. The maximum absolute atomic E-state index is 12.3. The Hall–Kier alpha value is -2.24. The van der Waals surface area contributed by atoms with Gasteiger partial charge in [-0.05, 0) is 30.7 Å². The molecule has 0 bridgehead atoms. The molecule has 7 heteroatoms. The minimum Gasteiger partial charge on any atom is -0.497 e. The Morgan fingerprint density at radius 3 is 2.24 bits per heavy atom. The normalized spacial score (nSPS) is 18.4. The van der Waals surface area contributed by atoms with Crippen molar-refractivity contribution in [3.8, 4) is 5.75 Å². The van der Waals surface area contributed by atoms with Gasteiger partial charge in [0, 0.05) is 11.8 Å². The van der Waals surface area contributed by atoms with Gasteiger partial charge in [0.2, 0.25) is 11.8 Å². The zero-order chi connectivity index (χ0) is 18.0. The van der Waals surface area contributed by atoms with Crippen LogP contribution in [0.15, 0.2) is 42.5 Å². The number of nitrogens with one attached hydrogen (secondary N) is 2. The van der Waals surface area contributed by atoms with Crippen LogP contribution in [0.1, 0.15) is 6.42 Å². The number of carbonyl (C=O) groups is 2. The second kappa shape index (κ2) is 7.33. The van der Waals surface area contributed by atoms with Crippen LogP contribution in [0.3, 0.4) is 0 Å². The van der Waals surface area contributed by atoms with Crippen molar-refractivity contribution in [2.75, 3.05) is 17.7 Å². The van der Waals surface area contributed by atoms with Gasteiger partial charge in [0.15, 0.2) is 0 Å². The number of hydrogen-bond acceptors (Lipinski definition) is 3. The van der Waals surface area contributed by atoms with Crippen LogP contribution in [0, 0.1) is 11.8 Å². The van der Waals surface area contributed by atoms with Gasteiger partial charge in [0.25, 0.3) is 0 Å². The number of anilines is 2. The second-order valence-electron chi connectivity index (χ2n) is 5.76. The number of amides is 2. The number of halogens is 2. The number of carbonyl (C=O) groups excluding carboxylic acids is 2. The van der Waals surface area contributed by atoms with Gasteiger partial charge in [0.05, 0.1) is 34.7 Å². The third kappa shape index (κ3) is 4.06. The van der Waals surface area contributed by atoms with Crippen molar-refractivity contribution in [1.82, 2.24) is 0 Å². The van der Waals surface area contributed by atoms with Crippen LogP contribution in [-0.4, -0.2) is 18.9 Å². The lowest BCUT2D eigenvalue weighted by Gasteiger charge is -2.09. The average Bonchev–Trinajstić information content (AvgIpc) is 3.39. The molecule has 5 nitrogen and oxygen atoms in total. The Kier molecular flexibility index (Phi) is 5.16. The van der Waals surface area contributed by atoms with Crippen LogP contribution in [0.25, 0.3) is 0 Å². The second-order valence-corrected chi connectivity index (χ2v) is 6.57. The molecule has 0 heterocycles. The molecule has 2 aromatic rings. The zero-order valence-electron chi connectivity index (χ0n) is 13.4. The summed E-state index contributed by atoms with van der Waals surface area (Å²) in [6.45, 7) is 0. The van der Waals surface area contributed by atoms with E-state index < -0.39 is 5.92 Å². The van der Waals surface area contributed by atoms with Crippen molar-refractivity contribution in [3.63, 3.8) is 0 Å². The molecule has 25 heavy (non-hydrogen) atoms. The van der Waals surface area contributed by atoms with E-state index in [1.54, 1.807) is 49.6 Å². The molecule has 2 unspecified atom stereocenters. The van der Waals surface area contributed by atoms with Gasteiger partial charge in [-0.15, -0.1) is 0 Å². The van der Waals surface area contributed by atoms with Gasteiger partial charge in [-0.25, -0.2) is 0 Å². The van der Waals surface area contributed by atoms with E-state index in [0.717, 1.165) is 0 Å². The SMILES string of the molecule is COc1cccc(NC(=O)C2CC2C(=O)Nc2c(Cl)cccc2Cl)c1. The first kappa shape index (κ1) is 17.6. The summed E-state index contributed by atoms with van der Waals surface area (Å²) in [6, 6.07) is 12.0. The van der Waals surface area contributed by atoms with E-state index in [0.29, 0.717) is 33.6 Å². The quantitative estimate of drug-likeness (QED) is 0.818. The van der Waals surface area contributed by atoms with Crippen LogP contribution < -0.4 is 15.4 Å². The van der Waals surface area contributed by atoms with E-state index in [2.05, 4.69) is 10.6 Å². The minimum absolute atomic E-state index is 0.196. The summed E-state index contributed by atoms with van der Waals surface area (Å²) < 4.78 is 5.12. The predicted molar refractivity (Wildman–Crippen MR) is 98.3 cm³/mol. The minimum atomic E-state index is -0.391. The Morgan fingerprint density at radius 1 is 1.00 bits per heavy atom. The van der Waals surface area contributed by atoms with E-state index in [1.165, 1.54) is 0 Å². The molecule has 0 radical (unpaired) electrons. The number of methoxy groups -OCH3 is 1. The summed E-state index contributed by atoms with van der Waals surface area (Å²) in [5.74, 6) is -0.568. The van der Waals surface area contributed by atoms with Crippen LogP contribution in [0.4, 0.5) is 11.4 Å². The van der Waals surface area contributed by atoms with Crippen LogP contribution in [-0.2, 0) is 9.59 Å². The van der Waals surface area contributed by atoms with Gasteiger partial charge in [-0.2, -0.15) is 0 Å². The lowest BCUT2D eigenvalue weighted by Crippen LogP contribution is -2.20. The molecule has 0 aliphatic heterocycles. The first-order chi connectivity index (χ1) is 12.0. The third-order valence-corrected chi connectivity index (χ3v) is 4.64. The van der Waals surface area contributed by atoms with Gasteiger partial charge in [0.1, 0.15) is 5.75 Å². The summed E-state index contributed by atoms with van der Waals surface area (Å²) in [5, 5.41) is 6.22. The highest BCUT2D eigenvalue weighted by Gasteiger charge is 2.48. The molecule has 0 aromatic heterocycles. The fourth-order valence-electron chi connectivity index (χ4n) is 2.54. The third-order valence-electron chi connectivity index (χ3n) is 4.01. The van der Waals surface area contributed by atoms with Crippen molar-refractivity contribution in [2.24, 2.45) is 11.8 Å². The first-order valence-corrected chi connectivity index (χ1v) is 8.45. The Labute approximate surface area is 155 Å². The standard InChI is InChI=1S/C18H16Cl2N2O3/c1-25-11-5-2-4-10(8-11)21-17(23)12-9-13(12)18(24)22-16-14(19)6-3-7-15(16)20/h2-8,12-13H,9H2,1H3,(H,21,23)(H,22,24). The van der Waals surface area contributed by atoms with E-state index in [4.69, 9.17) is 27.9 Å². The average molecular weight is 379 g/mol. The molecule has 2 N–H and O–H groups in total. The van der Waals surface area contributed by atoms with E-state index in [-0.39, 0.29) is 17.7 Å². The highest BCUT2D eigenvalue weighted by atomic mass is 35.5. The maximum Gasteiger partial charge on any atom is 0.228 e. The van der Waals surface area contributed by atoms with Crippen molar-refractivity contribution in [1.29, 1.82) is 0 Å². The van der Waals surface area contributed by atoms with Crippen molar-refractivity contribution < 1.29 is 14.3 Å². The number of ether oxygens (including phenoxy) is 1. The zero-order valence-corrected chi connectivity index (χ0v) is 14.9. The lowest BCUT2D eigenvalue weighted by atomic mass is 10.2. The highest BCUT2D eigenvalue weighted by molar-refractivity contribution is 6.39. The van der Waals surface area contributed by atoms with Gasteiger partial charge in [-0.3, -0.25) is 9.59 Å². The van der Waals surface area contributed by atoms with Crippen LogP contribution in [0.5, 0.6) is 5.75 Å². The molecule has 0 saturated heterocycles. The van der Waals surface area contributed by atoms with Gasteiger partial charge in [-0.1, -0.05) is 35.3 Å². The molecule has 130 valence electrons. The largest absolute Gasteiger partial charge is 0.497 e. The highest BCUT2D eigenvalue weighted by Crippen LogP contribution is 2.41. The molecular weight excluding hydrogens is 363 g/mol. The molecule has 3 rings (SSSR count). The Bertz CT molecular complexity index is 805. The molecule has 0 spiro atoms. The summed E-state index contributed by atoms with van der Waals surface area (Å²) >= 11 is 12.1. The molecule has 2 amide bonds. The molecular formula is C18H16Cl2N2O3. The molecule has 1 saturated carbocycles.